The van der Waals surface area contributed by atoms with Gasteiger partial charge < -0.3 is 19.7 Å². The second kappa shape index (κ2) is 13.7. The van der Waals surface area contributed by atoms with Gasteiger partial charge in [0, 0.05) is 19.4 Å². The number of carbonyl (C=O) groups is 1. The fourth-order valence-electron chi connectivity index (χ4n) is 4.44. The van der Waals surface area contributed by atoms with Crippen molar-refractivity contribution in [1.29, 1.82) is 0 Å². The highest BCUT2D eigenvalue weighted by molar-refractivity contribution is 5.66. The summed E-state index contributed by atoms with van der Waals surface area (Å²) in [6.45, 7) is 4.73. The molecule has 5 heteroatoms. The van der Waals surface area contributed by atoms with Crippen LogP contribution in [0.15, 0.2) is 24.3 Å². The summed E-state index contributed by atoms with van der Waals surface area (Å²) in [5, 5.41) is 19.2. The monoisotopic (exact) mass is 432 g/mol. The molecule has 1 saturated heterocycles. The number of aliphatic hydroxyl groups excluding tert-OH is 1. The first-order valence-corrected chi connectivity index (χ1v) is 11.9. The first-order valence-electron chi connectivity index (χ1n) is 11.9. The second-order valence-corrected chi connectivity index (χ2v) is 8.98. The number of hydrogen-bond acceptors (Lipinski definition) is 4. The van der Waals surface area contributed by atoms with Crippen molar-refractivity contribution in [3.8, 4) is 11.8 Å². The van der Waals surface area contributed by atoms with Gasteiger partial charge in [-0.05, 0) is 83.5 Å². The van der Waals surface area contributed by atoms with Crippen molar-refractivity contribution in [3.63, 3.8) is 0 Å². The lowest BCUT2D eigenvalue weighted by Gasteiger charge is -2.33. The molecule has 174 valence electrons. The number of ether oxygens (including phenoxy) is 2. The average Bonchev–Trinajstić information content (AvgIpc) is 3.09. The molecule has 0 amide bonds. The number of aliphatic carboxylic acids is 1. The zero-order valence-corrected chi connectivity index (χ0v) is 19.2. The Labute approximate surface area is 187 Å². The van der Waals surface area contributed by atoms with Crippen molar-refractivity contribution < 1.29 is 24.5 Å². The highest BCUT2D eigenvalue weighted by Gasteiger charge is 2.34. The van der Waals surface area contributed by atoms with Crippen LogP contribution in [0.5, 0.6) is 0 Å². The van der Waals surface area contributed by atoms with Gasteiger partial charge in [0.25, 0.3) is 0 Å². The molecule has 1 aliphatic heterocycles. The van der Waals surface area contributed by atoms with Gasteiger partial charge in [-0.1, -0.05) is 24.3 Å². The molecule has 0 aromatic rings. The Balaban J connectivity index is 1.95. The van der Waals surface area contributed by atoms with E-state index in [2.05, 4.69) is 37.0 Å². The summed E-state index contributed by atoms with van der Waals surface area (Å²) in [7, 11) is 0. The molecule has 1 saturated carbocycles. The third-order valence-electron chi connectivity index (χ3n) is 6.33. The van der Waals surface area contributed by atoms with Crippen LogP contribution in [-0.4, -0.2) is 40.8 Å². The van der Waals surface area contributed by atoms with Crippen LogP contribution >= 0.6 is 0 Å². The number of allylic oxidation sites excluding steroid dienone is 3. The van der Waals surface area contributed by atoms with Gasteiger partial charge >= 0.3 is 5.97 Å². The molecule has 0 aromatic heterocycles. The third kappa shape index (κ3) is 9.60. The minimum atomic E-state index is -0.751. The number of rotatable bonds is 12. The Kier molecular flexibility index (Phi) is 11.4. The van der Waals surface area contributed by atoms with Crippen LogP contribution in [0.1, 0.15) is 84.5 Å². The minimum Gasteiger partial charge on any atom is -0.481 e. The van der Waals surface area contributed by atoms with Crippen LogP contribution in [0, 0.1) is 23.7 Å². The van der Waals surface area contributed by atoms with Crippen LogP contribution < -0.4 is 0 Å². The Morgan fingerprint density at radius 1 is 1.26 bits per heavy atom. The Hall–Kier alpha value is -1.61. The quantitative estimate of drug-likeness (QED) is 0.251. The van der Waals surface area contributed by atoms with Gasteiger partial charge in [0.2, 0.25) is 0 Å². The number of hydrogen-bond donors (Lipinski definition) is 2. The number of carboxylic acids is 1. The van der Waals surface area contributed by atoms with E-state index in [4.69, 9.17) is 14.6 Å². The molecule has 0 bridgehead atoms. The van der Waals surface area contributed by atoms with Crippen LogP contribution in [0.4, 0.5) is 0 Å². The molecule has 1 aliphatic carbocycles. The Morgan fingerprint density at radius 3 is 2.81 bits per heavy atom. The lowest BCUT2D eigenvalue weighted by molar-refractivity contribution is -0.207. The smallest absolute Gasteiger partial charge is 0.303 e. The minimum absolute atomic E-state index is 0.156. The summed E-state index contributed by atoms with van der Waals surface area (Å²) in [6.07, 6.45) is 17.1. The first kappa shape index (κ1) is 25.6. The zero-order chi connectivity index (χ0) is 22.5. The van der Waals surface area contributed by atoms with Gasteiger partial charge in [0.1, 0.15) is 0 Å². The molecular weight excluding hydrogens is 392 g/mol. The zero-order valence-electron chi connectivity index (χ0n) is 19.2. The van der Waals surface area contributed by atoms with Crippen LogP contribution in [0.3, 0.4) is 0 Å². The highest BCUT2D eigenvalue weighted by Crippen LogP contribution is 2.37. The van der Waals surface area contributed by atoms with Crippen molar-refractivity contribution >= 4 is 5.97 Å². The van der Waals surface area contributed by atoms with Crippen molar-refractivity contribution in [2.24, 2.45) is 11.8 Å². The lowest BCUT2D eigenvalue weighted by Crippen LogP contribution is -2.35. The van der Waals surface area contributed by atoms with E-state index in [1.807, 2.05) is 13.0 Å². The number of carboxylic acid groups (broad SMARTS) is 1. The summed E-state index contributed by atoms with van der Waals surface area (Å²) < 4.78 is 12.2. The molecule has 0 radical (unpaired) electrons. The largest absolute Gasteiger partial charge is 0.481 e. The molecule has 2 aliphatic rings. The molecule has 2 rings (SSSR count). The maximum atomic E-state index is 10.6. The van der Waals surface area contributed by atoms with Crippen molar-refractivity contribution in [2.45, 2.75) is 102 Å². The fourth-order valence-corrected chi connectivity index (χ4v) is 4.44. The Morgan fingerprint density at radius 2 is 2.10 bits per heavy atom. The molecule has 0 aromatic carbocycles. The lowest BCUT2D eigenvalue weighted by atomic mass is 9.88. The van der Waals surface area contributed by atoms with E-state index in [0.29, 0.717) is 12.3 Å². The highest BCUT2D eigenvalue weighted by atomic mass is 16.7. The second-order valence-electron chi connectivity index (χ2n) is 8.98. The maximum Gasteiger partial charge on any atom is 0.303 e. The van der Waals surface area contributed by atoms with Crippen molar-refractivity contribution in [3.05, 3.63) is 24.3 Å². The molecule has 31 heavy (non-hydrogen) atoms. The molecule has 2 unspecified atom stereocenters. The van der Waals surface area contributed by atoms with Gasteiger partial charge in [-0.15, -0.1) is 11.8 Å². The van der Waals surface area contributed by atoms with E-state index in [1.165, 1.54) is 0 Å². The molecule has 1 heterocycles. The molecule has 2 N–H and O–H groups in total. The Bertz CT molecular complexity index is 652. The van der Waals surface area contributed by atoms with E-state index < -0.39 is 11.6 Å². The van der Waals surface area contributed by atoms with Crippen molar-refractivity contribution in [1.82, 2.24) is 0 Å². The first-order chi connectivity index (χ1) is 14.9. The summed E-state index contributed by atoms with van der Waals surface area (Å²) in [6, 6.07) is 0. The molecule has 2 fully saturated rings. The van der Waals surface area contributed by atoms with Crippen molar-refractivity contribution in [2.75, 3.05) is 6.61 Å². The van der Waals surface area contributed by atoms with Crippen LogP contribution in [-0.2, 0) is 14.3 Å². The van der Waals surface area contributed by atoms with Gasteiger partial charge in [0.05, 0.1) is 11.7 Å². The van der Waals surface area contributed by atoms with E-state index >= 15 is 0 Å². The standard InChI is InChI=1S/C26H40O5/c1-3-4-10-18-26(2,31-25-14-9-11-20-30-25)19-17-21-15-16-23(27)22(21)12-7-5-6-8-13-24(28)29/h5,7,17,19,21-23,25,27H,6,8-16,18,20H2,1-2H3,(H,28,29)/t21-,22-,23+,25?,26?/m1/s1. The topological polar surface area (TPSA) is 76.0 Å². The van der Waals surface area contributed by atoms with Crippen LogP contribution in [0.25, 0.3) is 0 Å². The van der Waals surface area contributed by atoms with Gasteiger partial charge in [-0.2, -0.15) is 0 Å². The van der Waals surface area contributed by atoms with E-state index in [9.17, 15) is 9.90 Å². The number of unbranched alkanes of at least 4 members (excludes halogenated alkanes) is 1. The maximum absolute atomic E-state index is 10.6. The summed E-state index contributed by atoms with van der Waals surface area (Å²) in [5.41, 5.74) is -0.434. The average molecular weight is 433 g/mol. The molecule has 0 spiro atoms. The van der Waals surface area contributed by atoms with Gasteiger partial charge in [-0.25, -0.2) is 0 Å². The summed E-state index contributed by atoms with van der Waals surface area (Å²) in [5.74, 6) is 5.86. The normalized spacial score (nSPS) is 28.5. The van der Waals surface area contributed by atoms with E-state index in [0.717, 1.165) is 64.4 Å². The summed E-state index contributed by atoms with van der Waals surface area (Å²) in [4.78, 5) is 10.6. The molecule has 5 atom stereocenters. The van der Waals surface area contributed by atoms with E-state index in [-0.39, 0.29) is 24.7 Å². The van der Waals surface area contributed by atoms with Gasteiger partial charge in [-0.3, -0.25) is 4.79 Å². The molecular formula is C26H40O5. The predicted octanol–water partition coefficient (Wildman–Crippen LogP) is 5.24. The number of aliphatic hydroxyl groups is 1. The molecule has 5 nitrogen and oxygen atoms in total. The van der Waals surface area contributed by atoms with Crippen LogP contribution in [0.2, 0.25) is 0 Å². The predicted molar refractivity (Wildman–Crippen MR) is 122 cm³/mol. The van der Waals surface area contributed by atoms with E-state index in [1.54, 1.807) is 0 Å². The summed E-state index contributed by atoms with van der Waals surface area (Å²) >= 11 is 0. The fraction of sp³-hybridized carbons (Fsp3) is 0.731. The third-order valence-corrected chi connectivity index (χ3v) is 6.33. The SMILES string of the molecule is CC#CCCC(C)(C=C[C@H]1CC[C@H](O)[C@@H]1CC=CCCCC(=O)O)OC1CCCCO1. The van der Waals surface area contributed by atoms with Gasteiger partial charge in [0.15, 0.2) is 6.29 Å².